The summed E-state index contributed by atoms with van der Waals surface area (Å²) >= 11 is 0. The summed E-state index contributed by atoms with van der Waals surface area (Å²) in [5.41, 5.74) is 0.639. The minimum atomic E-state index is -0.0368. The van der Waals surface area contributed by atoms with Crippen molar-refractivity contribution in [3.8, 4) is 5.75 Å². The monoisotopic (exact) mass is 304 g/mol. The zero-order valence-corrected chi connectivity index (χ0v) is 13.6. The van der Waals surface area contributed by atoms with Gasteiger partial charge in [-0.1, -0.05) is 31.9 Å². The molecule has 0 bridgehead atoms. The lowest BCUT2D eigenvalue weighted by Crippen LogP contribution is -2.33. The predicted molar refractivity (Wildman–Crippen MR) is 89.5 cm³/mol. The van der Waals surface area contributed by atoms with Gasteiger partial charge in [0.2, 0.25) is 0 Å². The Bertz CT molecular complexity index is 456. The number of ether oxygens (including phenoxy) is 1. The quantitative estimate of drug-likeness (QED) is 0.713. The molecule has 1 saturated heterocycles. The lowest BCUT2D eigenvalue weighted by atomic mass is 10.2. The molecule has 1 N–H and O–H groups in total. The van der Waals surface area contributed by atoms with Crippen LogP contribution in [-0.2, 0) is 0 Å². The van der Waals surface area contributed by atoms with E-state index in [1.807, 2.05) is 24.3 Å². The van der Waals surface area contributed by atoms with Gasteiger partial charge in [-0.15, -0.1) is 0 Å². The first kappa shape index (κ1) is 16.8. The van der Waals surface area contributed by atoms with Gasteiger partial charge in [-0.3, -0.25) is 4.79 Å². The first-order chi connectivity index (χ1) is 10.8. The fourth-order valence-corrected chi connectivity index (χ4v) is 2.74. The number of para-hydroxylation sites is 1. The Hall–Kier alpha value is -1.55. The van der Waals surface area contributed by atoms with Crippen molar-refractivity contribution in [3.63, 3.8) is 0 Å². The van der Waals surface area contributed by atoms with E-state index < -0.39 is 0 Å². The number of carbonyl (C=O) groups is 1. The van der Waals surface area contributed by atoms with Crippen LogP contribution in [0.1, 0.15) is 49.4 Å². The molecule has 2 rings (SSSR count). The number of unbranched alkanes of at least 4 members (excludes halogenated alkanes) is 2. The number of nitrogens with zero attached hydrogens (tertiary/aromatic N) is 1. The fraction of sp³-hybridized carbons (Fsp3) is 0.611. The minimum Gasteiger partial charge on any atom is -0.493 e. The first-order valence-electron chi connectivity index (χ1n) is 8.53. The number of benzene rings is 1. The number of hydrogen-bond acceptors (Lipinski definition) is 3. The van der Waals surface area contributed by atoms with Gasteiger partial charge in [0.25, 0.3) is 5.91 Å². The van der Waals surface area contributed by atoms with Crippen LogP contribution in [0, 0.1) is 0 Å². The van der Waals surface area contributed by atoms with E-state index in [1.165, 1.54) is 19.3 Å². The van der Waals surface area contributed by atoms with E-state index in [0.29, 0.717) is 24.5 Å². The highest BCUT2D eigenvalue weighted by Gasteiger charge is 2.14. The second-order valence-electron chi connectivity index (χ2n) is 5.86. The molecule has 1 aliphatic heterocycles. The van der Waals surface area contributed by atoms with E-state index in [-0.39, 0.29) is 5.91 Å². The van der Waals surface area contributed by atoms with Crippen LogP contribution < -0.4 is 10.1 Å². The largest absolute Gasteiger partial charge is 0.493 e. The molecular weight excluding hydrogens is 276 g/mol. The number of rotatable bonds is 9. The molecule has 1 aromatic rings. The third-order valence-corrected chi connectivity index (χ3v) is 4.05. The Morgan fingerprint density at radius 3 is 2.77 bits per heavy atom. The van der Waals surface area contributed by atoms with Gasteiger partial charge in [0.15, 0.2) is 0 Å². The van der Waals surface area contributed by atoms with E-state index in [0.717, 1.165) is 32.5 Å². The van der Waals surface area contributed by atoms with Gasteiger partial charge in [-0.05, 0) is 44.5 Å². The summed E-state index contributed by atoms with van der Waals surface area (Å²) in [5.74, 6) is 0.655. The van der Waals surface area contributed by atoms with Crippen molar-refractivity contribution in [1.29, 1.82) is 0 Å². The van der Waals surface area contributed by atoms with Gasteiger partial charge in [0.05, 0.1) is 12.2 Å². The molecule has 122 valence electrons. The van der Waals surface area contributed by atoms with Crippen molar-refractivity contribution in [2.24, 2.45) is 0 Å². The van der Waals surface area contributed by atoms with Crippen LogP contribution in [0.3, 0.4) is 0 Å². The molecule has 1 aromatic carbocycles. The molecular formula is C18H28N2O2. The van der Waals surface area contributed by atoms with E-state index in [2.05, 4.69) is 17.1 Å². The highest BCUT2D eigenvalue weighted by molar-refractivity contribution is 5.96. The highest BCUT2D eigenvalue weighted by atomic mass is 16.5. The van der Waals surface area contributed by atoms with Crippen molar-refractivity contribution in [1.82, 2.24) is 10.2 Å². The number of carbonyl (C=O) groups excluding carboxylic acids is 1. The first-order valence-corrected chi connectivity index (χ1v) is 8.53. The van der Waals surface area contributed by atoms with Crippen molar-refractivity contribution in [3.05, 3.63) is 29.8 Å². The Morgan fingerprint density at radius 1 is 1.23 bits per heavy atom. The smallest absolute Gasteiger partial charge is 0.255 e. The van der Waals surface area contributed by atoms with Crippen LogP contribution in [0.25, 0.3) is 0 Å². The molecule has 4 nitrogen and oxygen atoms in total. The Kier molecular flexibility index (Phi) is 7.23. The van der Waals surface area contributed by atoms with Gasteiger partial charge >= 0.3 is 0 Å². The Balaban J connectivity index is 1.80. The molecule has 0 unspecified atom stereocenters. The predicted octanol–water partition coefficient (Wildman–Crippen LogP) is 3.08. The van der Waals surface area contributed by atoms with E-state index in [4.69, 9.17) is 4.74 Å². The third-order valence-electron chi connectivity index (χ3n) is 4.05. The Labute approximate surface area is 133 Å². The summed E-state index contributed by atoms with van der Waals surface area (Å²) in [6.07, 6.45) is 5.92. The van der Waals surface area contributed by atoms with Crippen LogP contribution in [0.15, 0.2) is 24.3 Å². The van der Waals surface area contributed by atoms with Gasteiger partial charge < -0.3 is 15.0 Å². The van der Waals surface area contributed by atoms with Crippen LogP contribution in [-0.4, -0.2) is 43.6 Å². The zero-order valence-electron chi connectivity index (χ0n) is 13.6. The van der Waals surface area contributed by atoms with Crippen LogP contribution >= 0.6 is 0 Å². The Morgan fingerprint density at radius 2 is 2.00 bits per heavy atom. The molecule has 0 aromatic heterocycles. The lowest BCUT2D eigenvalue weighted by molar-refractivity contribution is 0.0945. The van der Waals surface area contributed by atoms with Crippen LogP contribution in [0.5, 0.6) is 5.75 Å². The van der Waals surface area contributed by atoms with Crippen LogP contribution in [0.4, 0.5) is 0 Å². The lowest BCUT2D eigenvalue weighted by Gasteiger charge is -2.15. The minimum absolute atomic E-state index is 0.0368. The maximum Gasteiger partial charge on any atom is 0.255 e. The molecule has 0 radical (unpaired) electrons. The topological polar surface area (TPSA) is 41.6 Å². The average Bonchev–Trinajstić information content (AvgIpc) is 3.05. The molecule has 4 heteroatoms. The molecule has 0 spiro atoms. The molecule has 1 heterocycles. The molecule has 0 saturated carbocycles. The van der Waals surface area contributed by atoms with Crippen LogP contribution in [0.2, 0.25) is 0 Å². The van der Waals surface area contributed by atoms with Crippen molar-refractivity contribution in [2.45, 2.75) is 39.0 Å². The number of hydrogen-bond donors (Lipinski definition) is 1. The second-order valence-corrected chi connectivity index (χ2v) is 5.86. The zero-order chi connectivity index (χ0) is 15.6. The molecule has 1 aliphatic rings. The average molecular weight is 304 g/mol. The van der Waals surface area contributed by atoms with Gasteiger partial charge in [-0.2, -0.15) is 0 Å². The second kappa shape index (κ2) is 9.46. The van der Waals surface area contributed by atoms with Crippen molar-refractivity contribution in [2.75, 3.05) is 32.8 Å². The summed E-state index contributed by atoms with van der Waals surface area (Å²) in [7, 11) is 0. The molecule has 22 heavy (non-hydrogen) atoms. The highest BCUT2D eigenvalue weighted by Crippen LogP contribution is 2.18. The normalized spacial score (nSPS) is 15.0. The third kappa shape index (κ3) is 5.34. The molecule has 1 amide bonds. The molecule has 0 aliphatic carbocycles. The number of amides is 1. The van der Waals surface area contributed by atoms with Gasteiger partial charge in [0, 0.05) is 13.1 Å². The summed E-state index contributed by atoms with van der Waals surface area (Å²) in [6, 6.07) is 7.51. The summed E-state index contributed by atoms with van der Waals surface area (Å²) in [6.45, 7) is 6.79. The summed E-state index contributed by atoms with van der Waals surface area (Å²) < 4.78 is 5.77. The van der Waals surface area contributed by atoms with Gasteiger partial charge in [0.1, 0.15) is 5.75 Å². The van der Waals surface area contributed by atoms with E-state index in [1.54, 1.807) is 0 Å². The standard InChI is InChI=1S/C18H28N2O2/c1-2-3-8-15-22-17-10-5-4-9-16(17)18(21)19-11-14-20-12-6-7-13-20/h4-5,9-10H,2-3,6-8,11-15H2,1H3,(H,19,21). The van der Waals surface area contributed by atoms with E-state index >= 15 is 0 Å². The van der Waals surface area contributed by atoms with Crippen molar-refractivity contribution >= 4 is 5.91 Å². The SMILES string of the molecule is CCCCCOc1ccccc1C(=O)NCCN1CCCC1. The fourth-order valence-electron chi connectivity index (χ4n) is 2.74. The number of nitrogens with one attached hydrogen (secondary N) is 1. The van der Waals surface area contributed by atoms with Crippen molar-refractivity contribution < 1.29 is 9.53 Å². The molecule has 0 atom stereocenters. The van der Waals surface area contributed by atoms with Gasteiger partial charge in [-0.25, -0.2) is 0 Å². The molecule has 1 fully saturated rings. The maximum atomic E-state index is 12.3. The summed E-state index contributed by atoms with van der Waals surface area (Å²) in [4.78, 5) is 14.7. The van der Waals surface area contributed by atoms with E-state index in [9.17, 15) is 4.79 Å². The maximum absolute atomic E-state index is 12.3. The number of likely N-dealkylation sites (tertiary alicyclic amines) is 1. The summed E-state index contributed by atoms with van der Waals surface area (Å²) in [5, 5.41) is 3.01.